The highest BCUT2D eigenvalue weighted by Gasteiger charge is 2.18. The molecule has 0 bridgehead atoms. The van der Waals surface area contributed by atoms with Gasteiger partial charge in [-0.15, -0.1) is 0 Å². The van der Waals surface area contributed by atoms with Crippen LogP contribution in [0.1, 0.15) is 5.56 Å². The molecule has 0 unspecified atom stereocenters. The van der Waals surface area contributed by atoms with Gasteiger partial charge >= 0.3 is 12.1 Å². The van der Waals surface area contributed by atoms with Crippen LogP contribution in [0.3, 0.4) is 0 Å². The lowest BCUT2D eigenvalue weighted by Crippen LogP contribution is -2.38. The lowest BCUT2D eigenvalue weighted by molar-refractivity contribution is 0.216. The molecule has 3 rings (SSSR count). The zero-order valence-corrected chi connectivity index (χ0v) is 14.4. The Bertz CT molecular complexity index is 734. The van der Waals surface area contributed by atoms with E-state index in [-0.39, 0.29) is 12.1 Å². The topological polar surface area (TPSA) is 82.7 Å². The summed E-state index contributed by atoms with van der Waals surface area (Å²) in [5, 5.41) is 8.21. The molecule has 2 aromatic carbocycles. The number of rotatable bonds is 7. The molecule has 1 saturated heterocycles. The molecule has 0 spiro atoms. The third-order valence-corrected chi connectivity index (χ3v) is 3.97. The summed E-state index contributed by atoms with van der Waals surface area (Å²) in [6, 6.07) is 16.7. The van der Waals surface area contributed by atoms with Crippen LogP contribution in [0, 0.1) is 0 Å². The number of nitrogens with zero attached hydrogens (tertiary/aromatic N) is 1. The molecule has 3 N–H and O–H groups in total. The van der Waals surface area contributed by atoms with Gasteiger partial charge in [0.05, 0.1) is 0 Å². The SMILES string of the molecule is O=C(NCCN1CCNC1=O)Nc1ccc(OCc2ccccc2)cc1. The zero-order valence-electron chi connectivity index (χ0n) is 14.4. The van der Waals surface area contributed by atoms with Crippen molar-refractivity contribution in [2.24, 2.45) is 0 Å². The van der Waals surface area contributed by atoms with Crippen molar-refractivity contribution in [3.8, 4) is 5.75 Å². The van der Waals surface area contributed by atoms with Crippen LogP contribution in [0.2, 0.25) is 0 Å². The van der Waals surface area contributed by atoms with Gasteiger partial charge in [0.1, 0.15) is 12.4 Å². The highest BCUT2D eigenvalue weighted by Crippen LogP contribution is 2.17. The van der Waals surface area contributed by atoms with Crippen molar-refractivity contribution in [2.45, 2.75) is 6.61 Å². The number of hydrogen-bond donors (Lipinski definition) is 3. The van der Waals surface area contributed by atoms with Crippen molar-refractivity contribution in [1.82, 2.24) is 15.5 Å². The fraction of sp³-hybridized carbons (Fsp3) is 0.263. The van der Waals surface area contributed by atoms with Gasteiger partial charge in [-0.3, -0.25) is 0 Å². The second kappa shape index (κ2) is 8.75. The van der Waals surface area contributed by atoms with E-state index in [4.69, 9.17) is 4.74 Å². The Labute approximate surface area is 152 Å². The maximum atomic E-state index is 11.9. The molecule has 0 aliphatic carbocycles. The summed E-state index contributed by atoms with van der Waals surface area (Å²) < 4.78 is 5.71. The minimum absolute atomic E-state index is 0.0849. The summed E-state index contributed by atoms with van der Waals surface area (Å²) in [5.74, 6) is 0.736. The predicted octanol–water partition coefficient (Wildman–Crippen LogP) is 2.41. The van der Waals surface area contributed by atoms with Crippen molar-refractivity contribution in [1.29, 1.82) is 0 Å². The number of urea groups is 2. The van der Waals surface area contributed by atoms with Gasteiger partial charge in [0, 0.05) is 31.9 Å². The monoisotopic (exact) mass is 354 g/mol. The maximum Gasteiger partial charge on any atom is 0.319 e. The Morgan fingerprint density at radius 3 is 2.58 bits per heavy atom. The van der Waals surface area contributed by atoms with E-state index >= 15 is 0 Å². The number of amides is 4. The van der Waals surface area contributed by atoms with Crippen LogP contribution < -0.4 is 20.7 Å². The molecule has 1 aliphatic rings. The van der Waals surface area contributed by atoms with Crippen molar-refractivity contribution in [2.75, 3.05) is 31.5 Å². The molecule has 7 nitrogen and oxygen atoms in total. The largest absolute Gasteiger partial charge is 0.489 e. The van der Waals surface area contributed by atoms with Crippen molar-refractivity contribution in [3.63, 3.8) is 0 Å². The van der Waals surface area contributed by atoms with Gasteiger partial charge in [0.25, 0.3) is 0 Å². The molecule has 0 radical (unpaired) electrons. The summed E-state index contributed by atoms with van der Waals surface area (Å²) in [4.78, 5) is 24.9. The highest BCUT2D eigenvalue weighted by molar-refractivity contribution is 5.89. The van der Waals surface area contributed by atoms with Crippen molar-refractivity contribution < 1.29 is 14.3 Å². The van der Waals surface area contributed by atoms with E-state index in [1.54, 1.807) is 17.0 Å². The molecule has 0 aromatic heterocycles. The van der Waals surface area contributed by atoms with E-state index in [1.165, 1.54) is 0 Å². The third-order valence-electron chi connectivity index (χ3n) is 3.97. The summed E-state index contributed by atoms with van der Waals surface area (Å²) in [5.41, 5.74) is 1.77. The molecule has 1 fully saturated rings. The summed E-state index contributed by atoms with van der Waals surface area (Å²) >= 11 is 0. The second-order valence-electron chi connectivity index (χ2n) is 5.90. The first-order valence-corrected chi connectivity index (χ1v) is 8.55. The average molecular weight is 354 g/mol. The lowest BCUT2D eigenvalue weighted by Gasteiger charge is -2.14. The van der Waals surface area contributed by atoms with Gasteiger partial charge in [-0.2, -0.15) is 0 Å². The fourth-order valence-electron chi connectivity index (χ4n) is 2.58. The van der Waals surface area contributed by atoms with Crippen molar-refractivity contribution >= 4 is 17.7 Å². The Kier molecular flexibility index (Phi) is 5.92. The Morgan fingerprint density at radius 1 is 1.12 bits per heavy atom. The normalized spacial score (nSPS) is 13.2. The number of nitrogens with one attached hydrogen (secondary N) is 3. The first-order valence-electron chi connectivity index (χ1n) is 8.55. The molecule has 2 aromatic rings. The van der Waals surface area contributed by atoms with Crippen LogP contribution in [-0.2, 0) is 6.61 Å². The minimum atomic E-state index is -0.303. The fourth-order valence-corrected chi connectivity index (χ4v) is 2.58. The molecule has 1 aliphatic heterocycles. The number of anilines is 1. The van der Waals surface area contributed by atoms with Gasteiger partial charge in [0.2, 0.25) is 0 Å². The Morgan fingerprint density at radius 2 is 1.88 bits per heavy atom. The average Bonchev–Trinajstić information content (AvgIpc) is 3.07. The second-order valence-corrected chi connectivity index (χ2v) is 5.90. The molecule has 0 saturated carbocycles. The number of benzene rings is 2. The van der Waals surface area contributed by atoms with Crippen LogP contribution in [0.15, 0.2) is 54.6 Å². The molecule has 1 heterocycles. The summed E-state index contributed by atoms with van der Waals surface area (Å²) in [6.07, 6.45) is 0. The first kappa shape index (κ1) is 17.6. The Hall–Kier alpha value is -3.22. The quantitative estimate of drug-likeness (QED) is 0.714. The molecular weight excluding hydrogens is 332 g/mol. The first-order chi connectivity index (χ1) is 12.7. The van der Waals surface area contributed by atoms with Crippen LogP contribution in [0.5, 0.6) is 5.75 Å². The standard InChI is InChI=1S/C19H22N4O3/c24-18(20-10-12-23-13-11-21-19(23)25)22-16-6-8-17(9-7-16)26-14-15-4-2-1-3-5-15/h1-9H,10-14H2,(H,21,25)(H2,20,22,24). The van der Waals surface area contributed by atoms with Crippen LogP contribution in [0.4, 0.5) is 15.3 Å². The highest BCUT2D eigenvalue weighted by atomic mass is 16.5. The van der Waals surface area contributed by atoms with Gasteiger partial charge in [-0.05, 0) is 29.8 Å². The minimum Gasteiger partial charge on any atom is -0.489 e. The molecule has 0 atom stereocenters. The van der Waals surface area contributed by atoms with Gasteiger partial charge in [-0.25, -0.2) is 9.59 Å². The predicted molar refractivity (Wildman–Crippen MR) is 99.2 cm³/mol. The van der Waals surface area contributed by atoms with E-state index in [0.717, 1.165) is 11.3 Å². The molecular formula is C19H22N4O3. The van der Waals surface area contributed by atoms with Crippen LogP contribution in [0.25, 0.3) is 0 Å². The van der Waals surface area contributed by atoms with Crippen LogP contribution >= 0.6 is 0 Å². The van der Waals surface area contributed by atoms with Gasteiger partial charge in [0.15, 0.2) is 0 Å². The van der Waals surface area contributed by atoms with Gasteiger partial charge < -0.3 is 25.6 Å². The third kappa shape index (κ3) is 5.14. The molecule has 4 amide bonds. The number of hydrogen-bond acceptors (Lipinski definition) is 3. The smallest absolute Gasteiger partial charge is 0.319 e. The number of carbonyl (C=O) groups excluding carboxylic acids is 2. The van der Waals surface area contributed by atoms with E-state index in [0.29, 0.717) is 38.5 Å². The van der Waals surface area contributed by atoms with Crippen molar-refractivity contribution in [3.05, 3.63) is 60.2 Å². The van der Waals surface area contributed by atoms with E-state index in [1.807, 2.05) is 42.5 Å². The molecule has 7 heteroatoms. The Balaban J connectivity index is 1.39. The molecule has 26 heavy (non-hydrogen) atoms. The summed E-state index contributed by atoms with van der Waals surface area (Å²) in [7, 11) is 0. The maximum absolute atomic E-state index is 11.9. The molecule has 136 valence electrons. The number of ether oxygens (including phenoxy) is 1. The number of carbonyl (C=O) groups is 2. The summed E-state index contributed by atoms with van der Waals surface area (Å²) in [6.45, 7) is 2.72. The van der Waals surface area contributed by atoms with E-state index < -0.39 is 0 Å². The van der Waals surface area contributed by atoms with Crippen LogP contribution in [-0.4, -0.2) is 43.1 Å². The van der Waals surface area contributed by atoms with Gasteiger partial charge in [-0.1, -0.05) is 30.3 Å². The van der Waals surface area contributed by atoms with E-state index in [9.17, 15) is 9.59 Å². The zero-order chi connectivity index (χ0) is 18.2. The van der Waals surface area contributed by atoms with E-state index in [2.05, 4.69) is 16.0 Å². The lowest BCUT2D eigenvalue weighted by atomic mass is 10.2.